The third-order valence-corrected chi connectivity index (χ3v) is 1.98. The molecule has 0 radical (unpaired) electrons. The van der Waals surface area contributed by atoms with Gasteiger partial charge in [-0.2, -0.15) is 0 Å². The number of hydrogen-bond acceptors (Lipinski definition) is 6. The Labute approximate surface area is 121 Å². The van der Waals surface area contributed by atoms with Crippen LogP contribution in [0.3, 0.4) is 0 Å². The lowest BCUT2D eigenvalue weighted by Crippen LogP contribution is -2.42. The first-order chi connectivity index (χ1) is 9.95. The van der Waals surface area contributed by atoms with Crippen molar-refractivity contribution >= 4 is 23.8 Å². The Kier molecular flexibility index (Phi) is 10.4. The Balaban J connectivity index is 3.63. The fourth-order valence-corrected chi connectivity index (χ4v) is 1.11. The van der Waals surface area contributed by atoms with Crippen molar-refractivity contribution in [1.82, 2.24) is 16.0 Å². The van der Waals surface area contributed by atoms with Gasteiger partial charge in [-0.3, -0.25) is 14.9 Å². The van der Waals surface area contributed by atoms with Gasteiger partial charge in [0.25, 0.3) is 5.91 Å². The summed E-state index contributed by atoms with van der Waals surface area (Å²) in [5, 5.41) is 15.1. The van der Waals surface area contributed by atoms with Crippen molar-refractivity contribution in [2.45, 2.75) is 6.42 Å². The number of carbonyl (C=O) groups is 4. The van der Waals surface area contributed by atoms with Crippen LogP contribution in [0.25, 0.3) is 0 Å². The van der Waals surface area contributed by atoms with E-state index in [9.17, 15) is 19.2 Å². The Bertz CT molecular complexity index is 373. The number of imide groups is 1. The fourth-order valence-electron chi connectivity index (χ4n) is 1.11. The third-order valence-electron chi connectivity index (χ3n) is 1.98. The molecule has 0 saturated carbocycles. The van der Waals surface area contributed by atoms with Gasteiger partial charge in [-0.15, -0.1) is 0 Å². The zero-order chi connectivity index (χ0) is 16.1. The van der Waals surface area contributed by atoms with E-state index in [4.69, 9.17) is 9.84 Å². The summed E-state index contributed by atoms with van der Waals surface area (Å²) in [7, 11) is 1.51. The van der Waals surface area contributed by atoms with Crippen LogP contribution >= 0.6 is 0 Å². The minimum absolute atomic E-state index is 0.0495. The standard InChI is InChI=1S/C11H19N3O7/c1-20-5-4-12-8(15)2-3-13-11(19)14-9(16)6-21-7-10(17)18/h2-7H2,1H3,(H,12,15)(H,17,18)(H2,13,14,16,19). The van der Waals surface area contributed by atoms with Gasteiger partial charge >= 0.3 is 12.0 Å². The van der Waals surface area contributed by atoms with Crippen molar-refractivity contribution in [3.8, 4) is 0 Å². The summed E-state index contributed by atoms with van der Waals surface area (Å²) in [6, 6.07) is -0.788. The van der Waals surface area contributed by atoms with Gasteiger partial charge in [-0.1, -0.05) is 0 Å². The zero-order valence-electron chi connectivity index (χ0n) is 11.6. The summed E-state index contributed by atoms with van der Waals surface area (Å²) in [5.41, 5.74) is 0. The predicted molar refractivity (Wildman–Crippen MR) is 69.5 cm³/mol. The highest BCUT2D eigenvalue weighted by atomic mass is 16.5. The van der Waals surface area contributed by atoms with E-state index in [1.807, 2.05) is 5.32 Å². The molecule has 10 heteroatoms. The van der Waals surface area contributed by atoms with Crippen LogP contribution in [-0.2, 0) is 23.9 Å². The van der Waals surface area contributed by atoms with Crippen molar-refractivity contribution in [2.24, 2.45) is 0 Å². The van der Waals surface area contributed by atoms with E-state index in [-0.39, 0.29) is 18.9 Å². The van der Waals surface area contributed by atoms with Gasteiger partial charge in [0.2, 0.25) is 5.91 Å². The largest absolute Gasteiger partial charge is 0.480 e. The molecule has 0 aliphatic carbocycles. The second kappa shape index (κ2) is 11.6. The van der Waals surface area contributed by atoms with Gasteiger partial charge in [-0.25, -0.2) is 9.59 Å². The number of urea groups is 1. The van der Waals surface area contributed by atoms with Crippen molar-refractivity contribution in [3.63, 3.8) is 0 Å². The number of carboxylic acid groups (broad SMARTS) is 1. The number of methoxy groups -OCH3 is 1. The number of hydrogen-bond donors (Lipinski definition) is 4. The van der Waals surface area contributed by atoms with Crippen LogP contribution in [0.1, 0.15) is 6.42 Å². The van der Waals surface area contributed by atoms with Gasteiger partial charge < -0.3 is 25.2 Å². The van der Waals surface area contributed by atoms with Crippen LogP contribution in [0.5, 0.6) is 0 Å². The van der Waals surface area contributed by atoms with E-state index < -0.39 is 31.1 Å². The highest BCUT2D eigenvalue weighted by Gasteiger charge is 2.09. The van der Waals surface area contributed by atoms with Crippen molar-refractivity contribution < 1.29 is 33.8 Å². The van der Waals surface area contributed by atoms with Crippen LogP contribution in [0.4, 0.5) is 4.79 Å². The maximum absolute atomic E-state index is 11.2. The average molecular weight is 305 g/mol. The molecule has 0 bridgehead atoms. The van der Waals surface area contributed by atoms with Gasteiger partial charge in [0.05, 0.1) is 6.61 Å². The fraction of sp³-hybridized carbons (Fsp3) is 0.636. The third kappa shape index (κ3) is 12.6. The van der Waals surface area contributed by atoms with Crippen molar-refractivity contribution in [3.05, 3.63) is 0 Å². The summed E-state index contributed by atoms with van der Waals surface area (Å²) < 4.78 is 9.23. The Morgan fingerprint density at radius 1 is 1.00 bits per heavy atom. The predicted octanol–water partition coefficient (Wildman–Crippen LogP) is -1.93. The molecule has 0 atom stereocenters. The molecule has 10 nitrogen and oxygen atoms in total. The summed E-state index contributed by atoms with van der Waals surface area (Å²) in [6.07, 6.45) is 0.0564. The summed E-state index contributed by atoms with van der Waals surface area (Å²) >= 11 is 0. The first kappa shape index (κ1) is 18.8. The molecule has 0 rings (SSSR count). The first-order valence-corrected chi connectivity index (χ1v) is 6.08. The molecule has 0 aromatic rings. The van der Waals surface area contributed by atoms with Crippen LogP contribution < -0.4 is 16.0 Å². The number of nitrogens with one attached hydrogen (secondary N) is 3. The maximum atomic E-state index is 11.2. The first-order valence-electron chi connectivity index (χ1n) is 6.08. The molecular formula is C11H19N3O7. The second-order valence-electron chi connectivity index (χ2n) is 3.78. The van der Waals surface area contributed by atoms with E-state index in [1.165, 1.54) is 7.11 Å². The number of aliphatic carboxylic acids is 1. The lowest BCUT2D eigenvalue weighted by molar-refractivity contribution is -0.143. The monoisotopic (exact) mass is 305 g/mol. The number of carbonyl (C=O) groups excluding carboxylic acids is 3. The minimum atomic E-state index is -1.22. The molecule has 0 aliphatic rings. The molecule has 0 saturated heterocycles. The van der Waals surface area contributed by atoms with Crippen LogP contribution in [0.15, 0.2) is 0 Å². The molecule has 0 fully saturated rings. The number of ether oxygens (including phenoxy) is 2. The van der Waals surface area contributed by atoms with Gasteiger partial charge in [0.1, 0.15) is 13.2 Å². The van der Waals surface area contributed by atoms with E-state index in [2.05, 4.69) is 15.4 Å². The lowest BCUT2D eigenvalue weighted by atomic mass is 10.4. The van der Waals surface area contributed by atoms with Crippen LogP contribution in [0, 0.1) is 0 Å². The molecule has 0 aliphatic heterocycles. The Hall–Kier alpha value is -2.20. The van der Waals surface area contributed by atoms with E-state index in [1.54, 1.807) is 0 Å². The van der Waals surface area contributed by atoms with Gasteiger partial charge in [0, 0.05) is 26.6 Å². The van der Waals surface area contributed by atoms with Gasteiger partial charge in [0.15, 0.2) is 0 Å². The van der Waals surface area contributed by atoms with Gasteiger partial charge in [-0.05, 0) is 0 Å². The summed E-state index contributed by atoms with van der Waals surface area (Å²) in [6.45, 7) is -0.354. The maximum Gasteiger partial charge on any atom is 0.329 e. The molecule has 0 unspecified atom stereocenters. The van der Waals surface area contributed by atoms with Crippen LogP contribution in [-0.4, -0.2) is 68.9 Å². The van der Waals surface area contributed by atoms with E-state index >= 15 is 0 Å². The Morgan fingerprint density at radius 2 is 1.71 bits per heavy atom. The molecule has 120 valence electrons. The van der Waals surface area contributed by atoms with Crippen LogP contribution in [0.2, 0.25) is 0 Å². The normalized spacial score (nSPS) is 9.76. The van der Waals surface area contributed by atoms with Crippen molar-refractivity contribution in [2.75, 3.05) is 40.0 Å². The molecule has 0 aromatic carbocycles. The molecule has 4 amide bonds. The molecular weight excluding hydrogens is 286 g/mol. The summed E-state index contributed by atoms with van der Waals surface area (Å²) in [4.78, 5) is 43.7. The Morgan fingerprint density at radius 3 is 2.33 bits per heavy atom. The molecule has 4 N–H and O–H groups in total. The smallest absolute Gasteiger partial charge is 0.329 e. The molecule has 21 heavy (non-hydrogen) atoms. The summed E-state index contributed by atoms with van der Waals surface area (Å²) in [5.74, 6) is -2.26. The highest BCUT2D eigenvalue weighted by Crippen LogP contribution is 1.80. The topological polar surface area (TPSA) is 143 Å². The number of amides is 4. The highest BCUT2D eigenvalue weighted by molar-refractivity contribution is 5.95. The zero-order valence-corrected chi connectivity index (χ0v) is 11.6. The molecule has 0 spiro atoms. The van der Waals surface area contributed by atoms with E-state index in [0.29, 0.717) is 13.2 Å². The number of carboxylic acids is 1. The quantitative estimate of drug-likeness (QED) is 0.344. The molecule has 0 heterocycles. The minimum Gasteiger partial charge on any atom is -0.480 e. The van der Waals surface area contributed by atoms with E-state index in [0.717, 1.165) is 0 Å². The second-order valence-corrected chi connectivity index (χ2v) is 3.78. The lowest BCUT2D eigenvalue weighted by Gasteiger charge is -2.07. The average Bonchev–Trinajstić information content (AvgIpc) is 2.38. The SMILES string of the molecule is COCCNC(=O)CCNC(=O)NC(=O)COCC(=O)O. The number of rotatable bonds is 10. The van der Waals surface area contributed by atoms with Crippen molar-refractivity contribution in [1.29, 1.82) is 0 Å². The molecule has 0 aromatic heterocycles.